The highest BCUT2D eigenvalue weighted by molar-refractivity contribution is 5.25. The third kappa shape index (κ3) is 4.50. The van der Waals surface area contributed by atoms with Gasteiger partial charge in [-0.1, -0.05) is 12.1 Å². The predicted octanol–water partition coefficient (Wildman–Crippen LogP) is 2.63. The lowest BCUT2D eigenvalue weighted by Crippen LogP contribution is -2.46. The van der Waals surface area contributed by atoms with E-state index in [1.807, 2.05) is 26.1 Å². The molecule has 0 amide bonds. The van der Waals surface area contributed by atoms with Crippen molar-refractivity contribution in [3.05, 3.63) is 35.1 Å². The van der Waals surface area contributed by atoms with Crippen LogP contribution in [0.2, 0.25) is 0 Å². The molecule has 1 heterocycles. The standard InChI is InChI=1S/C17H27FN2O/c1-13-5-6-14(11-15(13)18)16(19-3)7-10-20-9-4-8-17(2,21)12-20/h5-6,11,16,19,21H,4,7-10,12H2,1-3H3. The van der Waals surface area contributed by atoms with Crippen LogP contribution in [0, 0.1) is 12.7 Å². The van der Waals surface area contributed by atoms with Crippen molar-refractivity contribution in [1.29, 1.82) is 0 Å². The fourth-order valence-corrected chi connectivity index (χ4v) is 3.13. The molecule has 3 nitrogen and oxygen atoms in total. The molecule has 1 aromatic carbocycles. The van der Waals surface area contributed by atoms with E-state index in [1.54, 1.807) is 13.0 Å². The van der Waals surface area contributed by atoms with E-state index in [1.165, 1.54) is 0 Å². The summed E-state index contributed by atoms with van der Waals surface area (Å²) in [4.78, 5) is 2.30. The first kappa shape index (κ1) is 16.4. The molecular weight excluding hydrogens is 267 g/mol. The van der Waals surface area contributed by atoms with Gasteiger partial charge in [0.15, 0.2) is 0 Å². The second kappa shape index (κ2) is 6.86. The number of nitrogens with one attached hydrogen (secondary N) is 1. The lowest BCUT2D eigenvalue weighted by atomic mass is 9.94. The van der Waals surface area contributed by atoms with Gasteiger partial charge in [-0.05, 0) is 63.9 Å². The number of piperidine rings is 1. The zero-order valence-electron chi connectivity index (χ0n) is 13.3. The normalized spacial score (nSPS) is 25.0. The molecule has 0 aliphatic carbocycles. The number of aliphatic hydroxyl groups is 1. The molecule has 0 saturated carbocycles. The van der Waals surface area contributed by atoms with Crippen LogP contribution >= 0.6 is 0 Å². The molecule has 0 bridgehead atoms. The lowest BCUT2D eigenvalue weighted by Gasteiger charge is -2.37. The molecule has 1 saturated heterocycles. The van der Waals surface area contributed by atoms with Crippen molar-refractivity contribution in [3.63, 3.8) is 0 Å². The molecule has 0 spiro atoms. The number of nitrogens with zero attached hydrogens (tertiary/aromatic N) is 1. The fourth-order valence-electron chi connectivity index (χ4n) is 3.13. The third-order valence-corrected chi connectivity index (χ3v) is 4.43. The van der Waals surface area contributed by atoms with Crippen molar-refractivity contribution in [2.75, 3.05) is 26.7 Å². The first-order valence-electron chi connectivity index (χ1n) is 7.79. The van der Waals surface area contributed by atoms with Gasteiger partial charge < -0.3 is 15.3 Å². The van der Waals surface area contributed by atoms with Gasteiger partial charge in [-0.2, -0.15) is 0 Å². The van der Waals surface area contributed by atoms with Crippen molar-refractivity contribution in [2.45, 2.75) is 44.8 Å². The van der Waals surface area contributed by atoms with Crippen molar-refractivity contribution < 1.29 is 9.50 Å². The highest BCUT2D eigenvalue weighted by Gasteiger charge is 2.28. The van der Waals surface area contributed by atoms with Crippen molar-refractivity contribution in [2.24, 2.45) is 0 Å². The topological polar surface area (TPSA) is 35.5 Å². The maximum atomic E-state index is 13.7. The minimum atomic E-state index is -0.566. The van der Waals surface area contributed by atoms with E-state index >= 15 is 0 Å². The SMILES string of the molecule is CNC(CCN1CCCC(C)(O)C1)c1ccc(C)c(F)c1. The molecule has 1 aliphatic rings. The summed E-state index contributed by atoms with van der Waals surface area (Å²) in [5, 5.41) is 13.4. The smallest absolute Gasteiger partial charge is 0.126 e. The molecule has 2 N–H and O–H groups in total. The van der Waals surface area contributed by atoms with Gasteiger partial charge in [0, 0.05) is 19.1 Å². The molecule has 1 aromatic rings. The predicted molar refractivity (Wildman–Crippen MR) is 83.9 cm³/mol. The zero-order chi connectivity index (χ0) is 15.5. The van der Waals surface area contributed by atoms with Crippen LogP contribution in [0.15, 0.2) is 18.2 Å². The average Bonchev–Trinajstić information content (AvgIpc) is 2.42. The van der Waals surface area contributed by atoms with E-state index in [2.05, 4.69) is 10.2 Å². The number of hydrogen-bond acceptors (Lipinski definition) is 3. The molecule has 0 radical (unpaired) electrons. The van der Waals surface area contributed by atoms with Crippen molar-refractivity contribution >= 4 is 0 Å². The zero-order valence-corrected chi connectivity index (χ0v) is 13.3. The number of aryl methyl sites for hydroxylation is 1. The lowest BCUT2D eigenvalue weighted by molar-refractivity contribution is -0.0163. The summed E-state index contributed by atoms with van der Waals surface area (Å²) in [5.74, 6) is -0.145. The Kier molecular flexibility index (Phi) is 5.36. The monoisotopic (exact) mass is 294 g/mol. The molecule has 1 aliphatic heterocycles. The summed E-state index contributed by atoms with van der Waals surface area (Å²) in [6.45, 7) is 6.37. The van der Waals surface area contributed by atoms with E-state index in [0.29, 0.717) is 5.56 Å². The van der Waals surface area contributed by atoms with Crippen LogP contribution < -0.4 is 5.32 Å². The average molecular weight is 294 g/mol. The van der Waals surface area contributed by atoms with E-state index in [0.717, 1.165) is 44.5 Å². The Labute approximate surface area is 127 Å². The minimum Gasteiger partial charge on any atom is -0.389 e. The van der Waals surface area contributed by atoms with Gasteiger partial charge in [-0.3, -0.25) is 0 Å². The van der Waals surface area contributed by atoms with Gasteiger partial charge in [0.2, 0.25) is 0 Å². The molecule has 2 unspecified atom stereocenters. The Morgan fingerprint density at radius 3 is 2.86 bits per heavy atom. The Balaban J connectivity index is 1.94. The summed E-state index contributed by atoms with van der Waals surface area (Å²) in [6.07, 6.45) is 2.83. The van der Waals surface area contributed by atoms with Gasteiger partial charge in [-0.25, -0.2) is 4.39 Å². The molecule has 21 heavy (non-hydrogen) atoms. The van der Waals surface area contributed by atoms with E-state index in [4.69, 9.17) is 0 Å². The number of rotatable bonds is 5. The number of halogens is 1. The van der Waals surface area contributed by atoms with Crippen LogP contribution in [0.25, 0.3) is 0 Å². The largest absolute Gasteiger partial charge is 0.389 e. The third-order valence-electron chi connectivity index (χ3n) is 4.43. The number of β-amino-alcohol motifs (C(OH)–C–C–N with tert-alkyl or cyclic N) is 1. The Bertz CT molecular complexity index is 476. The van der Waals surface area contributed by atoms with Crippen LogP contribution in [0.4, 0.5) is 4.39 Å². The van der Waals surface area contributed by atoms with Crippen LogP contribution in [0.5, 0.6) is 0 Å². The Hall–Kier alpha value is -0.970. The highest BCUT2D eigenvalue weighted by Crippen LogP contribution is 2.23. The Morgan fingerprint density at radius 1 is 1.48 bits per heavy atom. The maximum absolute atomic E-state index is 13.7. The molecular formula is C17H27FN2O. The van der Waals surface area contributed by atoms with Crippen molar-refractivity contribution in [1.82, 2.24) is 10.2 Å². The first-order valence-corrected chi connectivity index (χ1v) is 7.79. The molecule has 2 atom stereocenters. The van der Waals surface area contributed by atoms with E-state index in [-0.39, 0.29) is 11.9 Å². The van der Waals surface area contributed by atoms with Crippen molar-refractivity contribution in [3.8, 4) is 0 Å². The molecule has 118 valence electrons. The van der Waals surface area contributed by atoms with Gasteiger partial charge in [0.1, 0.15) is 5.82 Å². The summed E-state index contributed by atoms with van der Waals surface area (Å²) in [7, 11) is 1.91. The number of hydrogen-bond donors (Lipinski definition) is 2. The number of likely N-dealkylation sites (tertiary alicyclic amines) is 1. The second-order valence-electron chi connectivity index (χ2n) is 6.52. The molecule has 1 fully saturated rings. The summed E-state index contributed by atoms with van der Waals surface area (Å²) in [6, 6.07) is 5.60. The van der Waals surface area contributed by atoms with E-state index < -0.39 is 5.60 Å². The minimum absolute atomic E-state index is 0.145. The molecule has 4 heteroatoms. The highest BCUT2D eigenvalue weighted by atomic mass is 19.1. The van der Waals surface area contributed by atoms with Gasteiger partial charge in [0.05, 0.1) is 5.60 Å². The van der Waals surface area contributed by atoms with Gasteiger partial charge in [0.25, 0.3) is 0 Å². The van der Waals surface area contributed by atoms with Gasteiger partial charge in [-0.15, -0.1) is 0 Å². The van der Waals surface area contributed by atoms with E-state index in [9.17, 15) is 9.50 Å². The second-order valence-corrected chi connectivity index (χ2v) is 6.52. The van der Waals surface area contributed by atoms with Crippen LogP contribution in [-0.2, 0) is 0 Å². The fraction of sp³-hybridized carbons (Fsp3) is 0.647. The number of benzene rings is 1. The van der Waals surface area contributed by atoms with Crippen LogP contribution in [0.1, 0.15) is 43.4 Å². The molecule has 2 rings (SSSR count). The van der Waals surface area contributed by atoms with Gasteiger partial charge >= 0.3 is 0 Å². The van der Waals surface area contributed by atoms with Crippen LogP contribution in [-0.4, -0.2) is 42.3 Å². The quantitative estimate of drug-likeness (QED) is 0.876. The van der Waals surface area contributed by atoms with Crippen LogP contribution in [0.3, 0.4) is 0 Å². The maximum Gasteiger partial charge on any atom is 0.126 e. The summed E-state index contributed by atoms with van der Waals surface area (Å²) >= 11 is 0. The first-order chi connectivity index (χ1) is 9.91. The summed E-state index contributed by atoms with van der Waals surface area (Å²) in [5.41, 5.74) is 1.11. The summed E-state index contributed by atoms with van der Waals surface area (Å²) < 4.78 is 13.7. The Morgan fingerprint density at radius 2 is 2.24 bits per heavy atom. The molecule has 0 aromatic heterocycles.